The van der Waals surface area contributed by atoms with E-state index in [1.165, 1.54) is 0 Å². The zero-order valence-electron chi connectivity index (χ0n) is 13.5. The second-order valence-corrected chi connectivity index (χ2v) is 6.14. The molecule has 7 nitrogen and oxygen atoms in total. The molecule has 0 radical (unpaired) electrons. The summed E-state index contributed by atoms with van der Waals surface area (Å²) >= 11 is 1.59. The van der Waals surface area contributed by atoms with Crippen molar-refractivity contribution in [1.29, 1.82) is 0 Å². The van der Waals surface area contributed by atoms with E-state index in [0.29, 0.717) is 23.6 Å². The number of hydrogen-bond acceptors (Lipinski definition) is 7. The van der Waals surface area contributed by atoms with E-state index in [-0.39, 0.29) is 11.9 Å². The maximum absolute atomic E-state index is 12.0. The molecule has 0 atom stereocenters. The predicted molar refractivity (Wildman–Crippen MR) is 94.5 cm³/mol. The molecule has 2 heterocycles. The number of nitrogens with one attached hydrogen (secondary N) is 1. The Hall–Kier alpha value is -2.87. The van der Waals surface area contributed by atoms with Gasteiger partial charge in [-0.25, -0.2) is 0 Å². The lowest BCUT2D eigenvalue weighted by Gasteiger charge is -2.03. The second kappa shape index (κ2) is 8.29. The molecule has 0 aliphatic rings. The highest BCUT2D eigenvalue weighted by atomic mass is 32.2. The van der Waals surface area contributed by atoms with Gasteiger partial charge in [0.15, 0.2) is 0 Å². The lowest BCUT2D eigenvalue weighted by atomic mass is 10.3. The molecule has 3 rings (SSSR count). The number of carbonyl (C=O) groups excluding carboxylic acids is 1. The van der Waals surface area contributed by atoms with Gasteiger partial charge in [-0.05, 0) is 36.4 Å². The summed E-state index contributed by atoms with van der Waals surface area (Å²) in [5.74, 6) is 1.59. The maximum atomic E-state index is 12.0. The number of methoxy groups -OCH3 is 1. The molecule has 8 heteroatoms. The first kappa shape index (κ1) is 17.0. The molecule has 25 heavy (non-hydrogen) atoms. The third-order valence-electron chi connectivity index (χ3n) is 3.24. The fourth-order valence-electron chi connectivity index (χ4n) is 1.99. The number of anilines is 1. The van der Waals surface area contributed by atoms with Crippen LogP contribution in [0, 0.1) is 0 Å². The van der Waals surface area contributed by atoms with Crippen LogP contribution in [0.1, 0.15) is 6.42 Å². The van der Waals surface area contributed by atoms with Crippen LogP contribution in [0.4, 0.5) is 6.01 Å². The van der Waals surface area contributed by atoms with E-state index in [9.17, 15) is 4.79 Å². The van der Waals surface area contributed by atoms with Crippen molar-refractivity contribution in [2.75, 3.05) is 18.2 Å². The van der Waals surface area contributed by atoms with Gasteiger partial charge >= 0.3 is 6.01 Å². The summed E-state index contributed by atoms with van der Waals surface area (Å²) in [6.45, 7) is 0. The Morgan fingerprint density at radius 2 is 2.08 bits per heavy atom. The molecule has 128 valence electrons. The Balaban J connectivity index is 1.47. The van der Waals surface area contributed by atoms with Crippen LogP contribution in [0.25, 0.3) is 11.5 Å². The number of carbonyl (C=O) groups is 1. The second-order valence-electron chi connectivity index (χ2n) is 4.98. The van der Waals surface area contributed by atoms with Gasteiger partial charge in [-0.15, -0.1) is 16.9 Å². The molecule has 0 fully saturated rings. The van der Waals surface area contributed by atoms with Crippen molar-refractivity contribution in [3.8, 4) is 17.2 Å². The van der Waals surface area contributed by atoms with E-state index in [0.717, 1.165) is 10.6 Å². The van der Waals surface area contributed by atoms with Crippen molar-refractivity contribution in [2.24, 2.45) is 0 Å². The molecular weight excluding hydrogens is 340 g/mol. The Morgan fingerprint density at radius 3 is 2.80 bits per heavy atom. The van der Waals surface area contributed by atoms with E-state index >= 15 is 0 Å². The van der Waals surface area contributed by atoms with Crippen LogP contribution in [0.3, 0.4) is 0 Å². The topological polar surface area (TPSA) is 90.1 Å². The van der Waals surface area contributed by atoms with Gasteiger partial charge in [-0.2, -0.15) is 0 Å². The summed E-state index contributed by atoms with van der Waals surface area (Å²) < 4.78 is 10.5. The Labute approximate surface area is 148 Å². The highest BCUT2D eigenvalue weighted by Crippen LogP contribution is 2.22. The van der Waals surface area contributed by atoms with Gasteiger partial charge in [0, 0.05) is 29.5 Å². The third-order valence-corrected chi connectivity index (χ3v) is 4.25. The van der Waals surface area contributed by atoms with Gasteiger partial charge in [-0.3, -0.25) is 15.1 Å². The van der Waals surface area contributed by atoms with Crippen molar-refractivity contribution >= 4 is 23.7 Å². The summed E-state index contributed by atoms with van der Waals surface area (Å²) in [5, 5.41) is 10.3. The molecule has 1 aromatic carbocycles. The SMILES string of the molecule is COc1ccc(SCCC(=O)Nc2nnc(-c3cccnc3)o2)cc1. The van der Waals surface area contributed by atoms with Crippen LogP contribution in [-0.2, 0) is 4.79 Å². The minimum atomic E-state index is -0.178. The molecule has 0 unspecified atom stereocenters. The van der Waals surface area contributed by atoms with Crippen LogP contribution >= 0.6 is 11.8 Å². The van der Waals surface area contributed by atoms with Crippen LogP contribution in [0.5, 0.6) is 5.75 Å². The lowest BCUT2D eigenvalue weighted by Crippen LogP contribution is -2.12. The van der Waals surface area contributed by atoms with E-state index < -0.39 is 0 Å². The predicted octanol–water partition coefficient (Wildman–Crippen LogP) is 3.26. The van der Waals surface area contributed by atoms with Crippen molar-refractivity contribution < 1.29 is 13.9 Å². The number of nitrogens with zero attached hydrogens (tertiary/aromatic N) is 3. The van der Waals surface area contributed by atoms with Gasteiger partial charge in [0.2, 0.25) is 5.91 Å². The molecule has 3 aromatic rings. The minimum Gasteiger partial charge on any atom is -0.497 e. The quantitative estimate of drug-likeness (QED) is 0.650. The number of pyridine rings is 1. The molecule has 0 aliphatic heterocycles. The molecule has 0 spiro atoms. The normalized spacial score (nSPS) is 10.4. The van der Waals surface area contributed by atoms with Crippen LogP contribution in [0.15, 0.2) is 58.1 Å². The number of ether oxygens (including phenoxy) is 1. The number of amides is 1. The standard InChI is InChI=1S/C17H16N4O3S/c1-23-13-4-6-14(7-5-13)25-10-8-15(22)19-17-21-20-16(24-17)12-3-2-9-18-11-12/h2-7,9,11H,8,10H2,1H3,(H,19,21,22). The zero-order valence-corrected chi connectivity index (χ0v) is 14.3. The van der Waals surface area contributed by atoms with Crippen molar-refractivity contribution in [1.82, 2.24) is 15.2 Å². The Morgan fingerprint density at radius 1 is 1.24 bits per heavy atom. The Kier molecular flexibility index (Phi) is 5.63. The number of benzene rings is 1. The number of rotatable bonds is 7. The Bertz CT molecular complexity index is 821. The van der Waals surface area contributed by atoms with E-state index in [4.69, 9.17) is 9.15 Å². The average molecular weight is 356 g/mol. The molecule has 0 saturated heterocycles. The summed E-state index contributed by atoms with van der Waals surface area (Å²) in [4.78, 5) is 17.0. The van der Waals surface area contributed by atoms with Crippen molar-refractivity contribution in [3.05, 3.63) is 48.8 Å². The van der Waals surface area contributed by atoms with Gasteiger partial charge in [0.1, 0.15) is 5.75 Å². The summed E-state index contributed by atoms with van der Waals surface area (Å²) in [7, 11) is 1.63. The number of thioether (sulfide) groups is 1. The van der Waals surface area contributed by atoms with Crippen molar-refractivity contribution in [2.45, 2.75) is 11.3 Å². The summed E-state index contributed by atoms with van der Waals surface area (Å²) in [5.41, 5.74) is 0.700. The molecule has 2 aromatic heterocycles. The van der Waals surface area contributed by atoms with Gasteiger partial charge in [0.25, 0.3) is 5.89 Å². The van der Waals surface area contributed by atoms with E-state index in [1.807, 2.05) is 24.3 Å². The third kappa shape index (κ3) is 4.80. The lowest BCUT2D eigenvalue weighted by molar-refractivity contribution is -0.115. The van der Waals surface area contributed by atoms with E-state index in [2.05, 4.69) is 20.5 Å². The first-order valence-electron chi connectivity index (χ1n) is 7.55. The smallest absolute Gasteiger partial charge is 0.322 e. The molecule has 0 bridgehead atoms. The molecule has 0 saturated carbocycles. The van der Waals surface area contributed by atoms with Gasteiger partial charge in [0.05, 0.1) is 12.7 Å². The largest absolute Gasteiger partial charge is 0.497 e. The fourth-order valence-corrected chi connectivity index (χ4v) is 2.85. The summed E-state index contributed by atoms with van der Waals surface area (Å²) in [6, 6.07) is 11.4. The number of aromatic nitrogens is 3. The molecule has 1 amide bonds. The number of hydrogen-bond donors (Lipinski definition) is 1. The average Bonchev–Trinajstić information content (AvgIpc) is 3.11. The summed E-state index contributed by atoms with van der Waals surface area (Å²) in [6.07, 6.45) is 3.61. The van der Waals surface area contributed by atoms with Crippen LogP contribution in [-0.4, -0.2) is 34.0 Å². The fraction of sp³-hybridized carbons (Fsp3) is 0.176. The first-order valence-corrected chi connectivity index (χ1v) is 8.54. The highest BCUT2D eigenvalue weighted by molar-refractivity contribution is 7.99. The molecule has 0 aliphatic carbocycles. The van der Waals surface area contributed by atoms with Gasteiger partial charge < -0.3 is 9.15 Å². The van der Waals surface area contributed by atoms with Crippen LogP contribution < -0.4 is 10.1 Å². The first-order chi connectivity index (χ1) is 12.2. The maximum Gasteiger partial charge on any atom is 0.322 e. The van der Waals surface area contributed by atoms with Crippen LogP contribution in [0.2, 0.25) is 0 Å². The monoisotopic (exact) mass is 356 g/mol. The van der Waals surface area contributed by atoms with Crippen molar-refractivity contribution in [3.63, 3.8) is 0 Å². The van der Waals surface area contributed by atoms with Gasteiger partial charge in [-0.1, -0.05) is 5.10 Å². The minimum absolute atomic E-state index is 0.0818. The van der Waals surface area contributed by atoms with E-state index in [1.54, 1.807) is 43.4 Å². The highest BCUT2D eigenvalue weighted by Gasteiger charge is 2.11. The molecule has 1 N–H and O–H groups in total. The molecular formula is C17H16N4O3S. The zero-order chi connectivity index (χ0) is 17.5.